The number of aliphatic hydroxyl groups is 2. The summed E-state index contributed by atoms with van der Waals surface area (Å²) in [7, 11) is 1.58. The van der Waals surface area contributed by atoms with Crippen LogP contribution in [-0.2, 0) is 16.1 Å². The first-order valence-electron chi connectivity index (χ1n) is 5.64. The van der Waals surface area contributed by atoms with Gasteiger partial charge in [-0.1, -0.05) is 12.1 Å². The number of hydrogen-bond donors (Lipinski definition) is 2. The Morgan fingerprint density at radius 3 is 2.33 bits per heavy atom. The lowest BCUT2D eigenvalue weighted by Crippen LogP contribution is -2.39. The van der Waals surface area contributed by atoms with Crippen LogP contribution in [0.5, 0.6) is 5.75 Å². The van der Waals surface area contributed by atoms with Crippen LogP contribution in [0, 0.1) is 0 Å². The summed E-state index contributed by atoms with van der Waals surface area (Å²) in [5, 5.41) is 18.8. The smallest absolute Gasteiger partial charge is 0.151 e. The van der Waals surface area contributed by atoms with Crippen LogP contribution in [0.3, 0.4) is 0 Å². The molecule has 0 saturated carbocycles. The topological polar surface area (TPSA) is 76.0 Å². The molecule has 1 aromatic rings. The summed E-state index contributed by atoms with van der Waals surface area (Å²) < 4.78 is 10.4. The van der Waals surface area contributed by atoms with E-state index in [0.29, 0.717) is 6.29 Å². The maximum atomic E-state index is 10.5. The summed E-state index contributed by atoms with van der Waals surface area (Å²) in [6.45, 7) is 1.66. The van der Waals surface area contributed by atoms with Gasteiger partial charge in [-0.2, -0.15) is 0 Å². The number of carbonyl (C=O) groups excluding carboxylic acids is 1. The van der Waals surface area contributed by atoms with Gasteiger partial charge in [-0.05, 0) is 24.6 Å². The molecule has 0 amide bonds. The second kappa shape index (κ2) is 7.10. The van der Waals surface area contributed by atoms with Crippen molar-refractivity contribution in [3.8, 4) is 5.75 Å². The molecule has 0 aromatic heterocycles. The summed E-state index contributed by atoms with van der Waals surface area (Å²) >= 11 is 0. The molecule has 0 fully saturated rings. The average molecular weight is 254 g/mol. The number of ether oxygens (including phenoxy) is 2. The number of aliphatic hydroxyl groups excluding tert-OH is 2. The van der Waals surface area contributed by atoms with Gasteiger partial charge >= 0.3 is 0 Å². The predicted octanol–water partition coefficient (Wildman–Crippen LogP) is 0.521. The van der Waals surface area contributed by atoms with Crippen LogP contribution >= 0.6 is 0 Å². The van der Waals surface area contributed by atoms with Gasteiger partial charge in [0.15, 0.2) is 6.29 Å². The fourth-order valence-electron chi connectivity index (χ4n) is 1.51. The van der Waals surface area contributed by atoms with E-state index in [2.05, 4.69) is 0 Å². The number of aldehydes is 1. The number of hydrogen-bond acceptors (Lipinski definition) is 5. The third-order valence-corrected chi connectivity index (χ3v) is 2.55. The molecular formula is C13H18O5. The van der Waals surface area contributed by atoms with Crippen molar-refractivity contribution in [1.82, 2.24) is 0 Å². The van der Waals surface area contributed by atoms with E-state index in [9.17, 15) is 15.0 Å². The third kappa shape index (κ3) is 4.10. The first-order valence-corrected chi connectivity index (χ1v) is 5.64. The second-order valence-electron chi connectivity index (χ2n) is 3.99. The number of rotatable bonds is 7. The summed E-state index contributed by atoms with van der Waals surface area (Å²) in [6, 6.07) is 7.19. The van der Waals surface area contributed by atoms with Gasteiger partial charge in [0, 0.05) is 0 Å². The highest BCUT2D eigenvalue weighted by Gasteiger charge is 2.24. The van der Waals surface area contributed by atoms with E-state index in [1.165, 1.54) is 6.92 Å². The highest BCUT2D eigenvalue weighted by Crippen LogP contribution is 2.14. The standard InChI is InChI=1S/C13H18O5/c1-9(15)13(12(16)7-14)18-8-10-3-5-11(17-2)6-4-10/h3-7,9,12-13,15-16H,8H2,1-2H3/t9-,12-,13-/m0/s1. The highest BCUT2D eigenvalue weighted by molar-refractivity contribution is 5.56. The van der Waals surface area contributed by atoms with Gasteiger partial charge in [-0.15, -0.1) is 0 Å². The first-order chi connectivity index (χ1) is 8.58. The molecule has 5 nitrogen and oxygen atoms in total. The van der Waals surface area contributed by atoms with Gasteiger partial charge in [0.25, 0.3) is 0 Å². The number of carbonyl (C=O) groups is 1. The summed E-state index contributed by atoms with van der Waals surface area (Å²) in [5.41, 5.74) is 0.861. The quantitative estimate of drug-likeness (QED) is 0.694. The predicted molar refractivity (Wildman–Crippen MR) is 65.3 cm³/mol. The van der Waals surface area contributed by atoms with Gasteiger partial charge in [0.2, 0.25) is 0 Å². The fraction of sp³-hybridized carbons (Fsp3) is 0.462. The monoisotopic (exact) mass is 254 g/mol. The minimum atomic E-state index is -1.33. The molecule has 0 unspecified atom stereocenters. The minimum Gasteiger partial charge on any atom is -0.497 e. The van der Waals surface area contributed by atoms with Gasteiger partial charge in [-0.25, -0.2) is 0 Å². The Bertz CT molecular complexity index is 360. The van der Waals surface area contributed by atoms with Crippen molar-refractivity contribution in [3.05, 3.63) is 29.8 Å². The van der Waals surface area contributed by atoms with Crippen LogP contribution in [0.4, 0.5) is 0 Å². The molecule has 3 atom stereocenters. The van der Waals surface area contributed by atoms with Gasteiger partial charge in [-0.3, -0.25) is 0 Å². The fourth-order valence-corrected chi connectivity index (χ4v) is 1.51. The molecule has 0 aliphatic rings. The van der Waals surface area contributed by atoms with Crippen LogP contribution in [-0.4, -0.2) is 41.9 Å². The Morgan fingerprint density at radius 2 is 1.89 bits per heavy atom. The van der Waals surface area contributed by atoms with Crippen molar-refractivity contribution in [2.75, 3.05) is 7.11 Å². The minimum absolute atomic E-state index is 0.199. The van der Waals surface area contributed by atoms with E-state index in [4.69, 9.17) is 9.47 Å². The van der Waals surface area contributed by atoms with E-state index in [1.807, 2.05) is 12.1 Å². The zero-order chi connectivity index (χ0) is 13.5. The lowest BCUT2D eigenvalue weighted by Gasteiger charge is -2.22. The van der Waals surface area contributed by atoms with E-state index < -0.39 is 18.3 Å². The molecule has 5 heteroatoms. The summed E-state index contributed by atoms with van der Waals surface area (Å²) in [5.74, 6) is 0.735. The molecule has 1 rings (SSSR count). The average Bonchev–Trinajstić information content (AvgIpc) is 2.39. The molecule has 1 aromatic carbocycles. The zero-order valence-electron chi connectivity index (χ0n) is 10.4. The molecular weight excluding hydrogens is 236 g/mol. The highest BCUT2D eigenvalue weighted by atomic mass is 16.5. The molecule has 0 aliphatic carbocycles. The second-order valence-corrected chi connectivity index (χ2v) is 3.99. The third-order valence-electron chi connectivity index (χ3n) is 2.55. The van der Waals surface area contributed by atoms with E-state index in [1.54, 1.807) is 19.2 Å². The van der Waals surface area contributed by atoms with Crippen LogP contribution < -0.4 is 4.74 Å². The van der Waals surface area contributed by atoms with Gasteiger partial charge in [0.1, 0.15) is 18.0 Å². The van der Waals surface area contributed by atoms with E-state index in [-0.39, 0.29) is 6.61 Å². The van der Waals surface area contributed by atoms with Crippen LogP contribution in [0.15, 0.2) is 24.3 Å². The number of benzene rings is 1. The maximum Gasteiger partial charge on any atom is 0.151 e. The summed E-state index contributed by atoms with van der Waals surface area (Å²) in [4.78, 5) is 10.5. The number of methoxy groups -OCH3 is 1. The molecule has 0 aliphatic heterocycles. The first kappa shape index (κ1) is 14.6. The maximum absolute atomic E-state index is 10.5. The van der Waals surface area contributed by atoms with Crippen molar-refractivity contribution >= 4 is 6.29 Å². The molecule has 2 N–H and O–H groups in total. The van der Waals surface area contributed by atoms with Crippen LogP contribution in [0.1, 0.15) is 12.5 Å². The Kier molecular flexibility index (Phi) is 5.77. The lowest BCUT2D eigenvalue weighted by molar-refractivity contribution is -0.134. The zero-order valence-corrected chi connectivity index (χ0v) is 10.4. The Hall–Kier alpha value is -1.43. The molecule has 0 saturated heterocycles. The SMILES string of the molecule is COc1ccc(CO[C@@H]([C@H](C)O)[C@@H](O)C=O)cc1. The molecule has 18 heavy (non-hydrogen) atoms. The molecule has 100 valence electrons. The van der Waals surface area contributed by atoms with Crippen LogP contribution in [0.25, 0.3) is 0 Å². The van der Waals surface area contributed by atoms with Crippen molar-refractivity contribution in [2.24, 2.45) is 0 Å². The van der Waals surface area contributed by atoms with E-state index >= 15 is 0 Å². The van der Waals surface area contributed by atoms with Crippen molar-refractivity contribution in [1.29, 1.82) is 0 Å². The van der Waals surface area contributed by atoms with Crippen LogP contribution in [0.2, 0.25) is 0 Å². The van der Waals surface area contributed by atoms with Crippen molar-refractivity contribution in [3.63, 3.8) is 0 Å². The molecule has 0 bridgehead atoms. The van der Waals surface area contributed by atoms with Crippen molar-refractivity contribution < 1.29 is 24.5 Å². The summed E-state index contributed by atoms with van der Waals surface area (Å²) in [6.07, 6.45) is -2.83. The van der Waals surface area contributed by atoms with Gasteiger partial charge < -0.3 is 24.5 Å². The largest absolute Gasteiger partial charge is 0.497 e. The van der Waals surface area contributed by atoms with Crippen molar-refractivity contribution in [2.45, 2.75) is 31.8 Å². The van der Waals surface area contributed by atoms with Gasteiger partial charge in [0.05, 0.1) is 19.8 Å². The van der Waals surface area contributed by atoms with E-state index in [0.717, 1.165) is 11.3 Å². The molecule has 0 spiro atoms. The molecule has 0 radical (unpaired) electrons. The molecule has 0 heterocycles. The Labute approximate surface area is 106 Å². The normalized spacial score (nSPS) is 15.8. The lowest BCUT2D eigenvalue weighted by atomic mass is 10.1. The Balaban J connectivity index is 2.58. The Morgan fingerprint density at radius 1 is 1.28 bits per heavy atom.